The van der Waals surface area contributed by atoms with Gasteiger partial charge in [-0.25, -0.2) is 0 Å². The summed E-state index contributed by atoms with van der Waals surface area (Å²) in [4.78, 5) is 29.5. The Morgan fingerprint density at radius 3 is 2.58 bits per heavy atom. The van der Waals surface area contributed by atoms with E-state index in [2.05, 4.69) is 0 Å². The highest BCUT2D eigenvalue weighted by Crippen LogP contribution is 2.48. The van der Waals surface area contributed by atoms with E-state index in [0.717, 1.165) is 22.6 Å². The van der Waals surface area contributed by atoms with Gasteiger partial charge in [0.15, 0.2) is 0 Å². The molecule has 134 valence electrons. The van der Waals surface area contributed by atoms with Gasteiger partial charge in [-0.15, -0.1) is 0 Å². The summed E-state index contributed by atoms with van der Waals surface area (Å²) >= 11 is 0. The smallest absolute Gasteiger partial charge is 0.253 e. The van der Waals surface area contributed by atoms with Crippen molar-refractivity contribution in [2.75, 3.05) is 32.1 Å². The first kappa shape index (κ1) is 16.6. The minimum atomic E-state index is -0.668. The molecule has 4 rings (SSSR count). The van der Waals surface area contributed by atoms with Crippen LogP contribution in [0, 0.1) is 6.92 Å². The molecule has 1 saturated heterocycles. The van der Waals surface area contributed by atoms with Crippen molar-refractivity contribution in [3.63, 3.8) is 0 Å². The molecule has 0 aliphatic carbocycles. The quantitative estimate of drug-likeness (QED) is 0.837. The maximum atomic E-state index is 13.1. The van der Waals surface area contributed by atoms with Gasteiger partial charge in [-0.1, -0.05) is 17.7 Å². The number of hydrogen-bond donors (Lipinski definition) is 0. The number of likely N-dealkylation sites (N-methyl/N-ethyl adjacent to an activating group) is 1. The average molecular weight is 350 g/mol. The number of nitrogens with zero attached hydrogens (tertiary/aromatic N) is 2. The first-order valence-electron chi connectivity index (χ1n) is 8.79. The molecule has 26 heavy (non-hydrogen) atoms. The van der Waals surface area contributed by atoms with Crippen LogP contribution >= 0.6 is 0 Å². The monoisotopic (exact) mass is 350 g/mol. The van der Waals surface area contributed by atoms with E-state index < -0.39 is 5.41 Å². The summed E-state index contributed by atoms with van der Waals surface area (Å²) in [5.41, 5.74) is 2.98. The molecule has 2 heterocycles. The summed E-state index contributed by atoms with van der Waals surface area (Å²) in [6.45, 7) is 2.97. The number of aryl methyl sites for hydroxylation is 1. The second-order valence-corrected chi connectivity index (χ2v) is 7.17. The molecule has 2 aliphatic rings. The summed E-state index contributed by atoms with van der Waals surface area (Å²) in [7, 11) is 3.42. The van der Waals surface area contributed by atoms with Crippen LogP contribution in [0.15, 0.2) is 42.5 Å². The van der Waals surface area contributed by atoms with Crippen LogP contribution in [0.2, 0.25) is 0 Å². The Bertz CT molecular complexity index is 891. The van der Waals surface area contributed by atoms with Crippen LogP contribution in [0.5, 0.6) is 5.75 Å². The van der Waals surface area contributed by atoms with Gasteiger partial charge in [0.25, 0.3) is 5.91 Å². The van der Waals surface area contributed by atoms with Gasteiger partial charge < -0.3 is 14.5 Å². The molecule has 2 aliphatic heterocycles. The van der Waals surface area contributed by atoms with Crippen LogP contribution in [0.25, 0.3) is 0 Å². The van der Waals surface area contributed by atoms with Gasteiger partial charge in [-0.2, -0.15) is 0 Å². The molecule has 2 amide bonds. The molecular formula is C21H22N2O3. The molecule has 1 fully saturated rings. The van der Waals surface area contributed by atoms with Crippen LogP contribution in [0.1, 0.15) is 27.9 Å². The summed E-state index contributed by atoms with van der Waals surface area (Å²) in [6.07, 6.45) is 0.633. The largest absolute Gasteiger partial charge is 0.497 e. The van der Waals surface area contributed by atoms with E-state index in [1.807, 2.05) is 49.4 Å². The minimum Gasteiger partial charge on any atom is -0.497 e. The first-order valence-corrected chi connectivity index (χ1v) is 8.79. The number of ether oxygens (including phenoxy) is 1. The number of amides is 2. The molecule has 5 heteroatoms. The van der Waals surface area contributed by atoms with Crippen molar-refractivity contribution in [1.82, 2.24) is 4.90 Å². The second-order valence-electron chi connectivity index (χ2n) is 7.17. The summed E-state index contributed by atoms with van der Waals surface area (Å²) in [5.74, 6) is 0.767. The molecule has 2 aromatic carbocycles. The van der Waals surface area contributed by atoms with Crippen molar-refractivity contribution < 1.29 is 14.3 Å². The molecule has 0 saturated carbocycles. The standard InChI is InChI=1S/C21H22N2O3/c1-14-4-6-15(7-5-14)19(24)23-11-10-21(13-23)17-12-16(26-3)8-9-18(17)22(2)20(21)25/h4-9,12H,10-11,13H2,1-3H3/t21-/m1/s1. The number of methoxy groups -OCH3 is 1. The van der Waals surface area contributed by atoms with Gasteiger partial charge >= 0.3 is 0 Å². The van der Waals surface area contributed by atoms with Gasteiger partial charge in [0, 0.05) is 31.4 Å². The Hall–Kier alpha value is -2.82. The molecule has 0 unspecified atom stereocenters. The van der Waals surface area contributed by atoms with E-state index in [-0.39, 0.29) is 11.8 Å². The van der Waals surface area contributed by atoms with Gasteiger partial charge in [-0.05, 0) is 49.2 Å². The second kappa shape index (κ2) is 5.87. The highest BCUT2D eigenvalue weighted by molar-refractivity contribution is 6.09. The molecule has 0 aromatic heterocycles. The fourth-order valence-corrected chi connectivity index (χ4v) is 4.12. The van der Waals surface area contributed by atoms with E-state index in [1.54, 1.807) is 24.0 Å². The third kappa shape index (κ3) is 2.30. The molecular weight excluding hydrogens is 328 g/mol. The molecule has 1 spiro atoms. The highest BCUT2D eigenvalue weighted by atomic mass is 16.5. The Kier molecular flexibility index (Phi) is 3.75. The number of carbonyl (C=O) groups is 2. The first-order chi connectivity index (χ1) is 12.5. The van der Waals surface area contributed by atoms with Crippen LogP contribution in [-0.2, 0) is 10.2 Å². The maximum absolute atomic E-state index is 13.1. The van der Waals surface area contributed by atoms with E-state index in [0.29, 0.717) is 25.1 Å². The molecule has 0 radical (unpaired) electrons. The lowest BCUT2D eigenvalue weighted by Gasteiger charge is -2.23. The predicted octanol–water partition coefficient (Wildman–Crippen LogP) is 2.76. The molecule has 0 N–H and O–H groups in total. The van der Waals surface area contributed by atoms with Crippen LogP contribution in [-0.4, -0.2) is 44.0 Å². The molecule has 1 atom stereocenters. The van der Waals surface area contributed by atoms with Crippen molar-refractivity contribution in [1.29, 1.82) is 0 Å². The Balaban J connectivity index is 1.68. The fourth-order valence-electron chi connectivity index (χ4n) is 4.12. The number of benzene rings is 2. The maximum Gasteiger partial charge on any atom is 0.253 e. The highest BCUT2D eigenvalue weighted by Gasteiger charge is 2.54. The van der Waals surface area contributed by atoms with E-state index >= 15 is 0 Å². The van der Waals surface area contributed by atoms with Crippen LogP contribution in [0.3, 0.4) is 0 Å². The Morgan fingerprint density at radius 1 is 1.15 bits per heavy atom. The summed E-state index contributed by atoms with van der Waals surface area (Å²) < 4.78 is 5.36. The number of fused-ring (bicyclic) bond motifs is 2. The van der Waals surface area contributed by atoms with Crippen molar-refractivity contribution >= 4 is 17.5 Å². The van der Waals surface area contributed by atoms with E-state index in [4.69, 9.17) is 4.74 Å². The van der Waals surface area contributed by atoms with Crippen molar-refractivity contribution in [2.45, 2.75) is 18.8 Å². The van der Waals surface area contributed by atoms with E-state index in [9.17, 15) is 9.59 Å². The molecule has 2 aromatic rings. The van der Waals surface area contributed by atoms with Crippen molar-refractivity contribution in [2.24, 2.45) is 0 Å². The third-order valence-electron chi connectivity index (χ3n) is 5.65. The normalized spacial score (nSPS) is 21.4. The number of anilines is 1. The van der Waals surface area contributed by atoms with Gasteiger partial charge in [0.05, 0.1) is 12.5 Å². The number of hydrogen-bond acceptors (Lipinski definition) is 3. The predicted molar refractivity (Wildman–Crippen MR) is 99.8 cm³/mol. The molecule has 5 nitrogen and oxygen atoms in total. The Morgan fingerprint density at radius 2 is 1.88 bits per heavy atom. The summed E-state index contributed by atoms with van der Waals surface area (Å²) in [5, 5.41) is 0. The number of carbonyl (C=O) groups excluding carboxylic acids is 2. The topological polar surface area (TPSA) is 49.9 Å². The Labute approximate surface area is 153 Å². The van der Waals surface area contributed by atoms with Gasteiger partial charge in [0.2, 0.25) is 5.91 Å². The van der Waals surface area contributed by atoms with Crippen LogP contribution < -0.4 is 9.64 Å². The lowest BCUT2D eigenvalue weighted by molar-refractivity contribution is -0.122. The third-order valence-corrected chi connectivity index (χ3v) is 5.65. The zero-order valence-corrected chi connectivity index (χ0v) is 15.3. The van der Waals surface area contributed by atoms with Crippen LogP contribution in [0.4, 0.5) is 5.69 Å². The van der Waals surface area contributed by atoms with Crippen molar-refractivity contribution in [3.8, 4) is 5.75 Å². The number of rotatable bonds is 2. The number of likely N-dealkylation sites (tertiary alicyclic amines) is 1. The zero-order valence-electron chi connectivity index (χ0n) is 15.3. The van der Waals surface area contributed by atoms with Crippen molar-refractivity contribution in [3.05, 3.63) is 59.2 Å². The summed E-state index contributed by atoms with van der Waals surface area (Å²) in [6, 6.07) is 13.3. The van der Waals surface area contributed by atoms with Gasteiger partial charge in [0.1, 0.15) is 5.75 Å². The SMILES string of the molecule is COc1ccc2c(c1)[C@]1(CCN(C(=O)c3ccc(C)cc3)C1)C(=O)N2C. The van der Waals surface area contributed by atoms with E-state index in [1.165, 1.54) is 0 Å². The average Bonchev–Trinajstić information content (AvgIpc) is 3.19. The minimum absolute atomic E-state index is 0.0197. The molecule has 0 bridgehead atoms. The lowest BCUT2D eigenvalue weighted by atomic mass is 9.81. The van der Waals surface area contributed by atoms with Gasteiger partial charge in [-0.3, -0.25) is 9.59 Å². The zero-order chi connectivity index (χ0) is 18.5. The fraction of sp³-hybridized carbons (Fsp3) is 0.333. The lowest BCUT2D eigenvalue weighted by Crippen LogP contribution is -2.42.